The predicted molar refractivity (Wildman–Crippen MR) is 84.0 cm³/mol. The van der Waals surface area contributed by atoms with Crippen molar-refractivity contribution in [2.24, 2.45) is 0 Å². The van der Waals surface area contributed by atoms with Gasteiger partial charge in [-0.2, -0.15) is 0 Å². The molecular weight excluding hydrogens is 296 g/mol. The van der Waals surface area contributed by atoms with Crippen LogP contribution in [0.5, 0.6) is 5.75 Å². The molecule has 0 spiro atoms. The van der Waals surface area contributed by atoms with E-state index in [9.17, 15) is 9.59 Å². The third-order valence-electron chi connectivity index (χ3n) is 3.05. The molecule has 0 saturated heterocycles. The van der Waals surface area contributed by atoms with E-state index < -0.39 is 5.97 Å². The Bertz CT molecular complexity index is 659. The van der Waals surface area contributed by atoms with E-state index in [1.165, 1.54) is 13.3 Å². The van der Waals surface area contributed by atoms with Gasteiger partial charge < -0.3 is 14.8 Å². The van der Waals surface area contributed by atoms with E-state index in [-0.39, 0.29) is 18.9 Å². The number of benzene rings is 1. The number of ether oxygens (including phenoxy) is 2. The van der Waals surface area contributed by atoms with Crippen LogP contribution in [0.15, 0.2) is 48.7 Å². The molecule has 6 nitrogen and oxygen atoms in total. The second-order valence-corrected chi connectivity index (χ2v) is 4.72. The number of amides is 1. The van der Waals surface area contributed by atoms with Gasteiger partial charge in [0.2, 0.25) is 5.91 Å². The summed E-state index contributed by atoms with van der Waals surface area (Å²) in [5.41, 5.74) is 0.990. The molecule has 2 rings (SSSR count). The van der Waals surface area contributed by atoms with Gasteiger partial charge in [-0.25, -0.2) is 4.79 Å². The topological polar surface area (TPSA) is 77.5 Å². The fraction of sp³-hybridized carbons (Fsp3) is 0.235. The quantitative estimate of drug-likeness (QED) is 0.790. The lowest BCUT2D eigenvalue weighted by molar-refractivity contribution is -0.121. The second kappa shape index (κ2) is 8.53. The molecule has 1 heterocycles. The summed E-state index contributed by atoms with van der Waals surface area (Å²) in [7, 11) is 1.32. The first-order chi connectivity index (χ1) is 11.2. The zero-order valence-electron chi connectivity index (χ0n) is 12.8. The summed E-state index contributed by atoms with van der Waals surface area (Å²) in [4.78, 5) is 27.3. The van der Waals surface area contributed by atoms with Crippen molar-refractivity contribution < 1.29 is 19.1 Å². The Balaban J connectivity index is 1.75. The molecule has 1 aromatic heterocycles. The Hall–Kier alpha value is -2.89. The molecule has 0 aliphatic heterocycles. The normalized spacial score (nSPS) is 9.96. The number of carbonyl (C=O) groups is 2. The molecule has 0 atom stereocenters. The molecule has 0 aliphatic rings. The molecule has 1 N–H and O–H groups in total. The monoisotopic (exact) mass is 314 g/mol. The predicted octanol–water partition coefficient (Wildman–Crippen LogP) is 1.95. The highest BCUT2D eigenvalue weighted by Crippen LogP contribution is 2.08. The highest BCUT2D eigenvalue weighted by Gasteiger charge is 2.07. The van der Waals surface area contributed by atoms with E-state index >= 15 is 0 Å². The Labute approximate surface area is 134 Å². The minimum Gasteiger partial charge on any atom is -0.493 e. The maximum atomic E-state index is 11.8. The van der Waals surface area contributed by atoms with Gasteiger partial charge in [-0.1, -0.05) is 18.2 Å². The van der Waals surface area contributed by atoms with E-state index in [2.05, 4.69) is 15.0 Å². The summed E-state index contributed by atoms with van der Waals surface area (Å²) in [6.07, 6.45) is 1.75. The lowest BCUT2D eigenvalue weighted by atomic mass is 10.2. The van der Waals surface area contributed by atoms with Gasteiger partial charge >= 0.3 is 5.97 Å². The standard InChI is InChI=1S/C17H18N2O4/c1-22-17(21)13-7-9-18-14(11-13)12-19-16(20)8-10-23-15-5-3-2-4-6-15/h2-7,9,11H,8,10,12H2,1H3,(H,19,20). The average Bonchev–Trinajstić information content (AvgIpc) is 2.60. The largest absolute Gasteiger partial charge is 0.493 e. The fourth-order valence-electron chi connectivity index (χ4n) is 1.88. The average molecular weight is 314 g/mol. The molecule has 6 heteroatoms. The van der Waals surface area contributed by atoms with Crippen LogP contribution in [0, 0.1) is 0 Å². The maximum Gasteiger partial charge on any atom is 0.337 e. The van der Waals surface area contributed by atoms with Gasteiger partial charge in [-0.3, -0.25) is 9.78 Å². The van der Waals surface area contributed by atoms with Crippen molar-refractivity contribution in [1.29, 1.82) is 0 Å². The number of nitrogens with one attached hydrogen (secondary N) is 1. The van der Waals surface area contributed by atoms with Gasteiger partial charge in [0.15, 0.2) is 0 Å². The van der Waals surface area contributed by atoms with Crippen molar-refractivity contribution in [1.82, 2.24) is 10.3 Å². The van der Waals surface area contributed by atoms with Crippen LogP contribution in [0.3, 0.4) is 0 Å². The molecule has 0 saturated carbocycles. The van der Waals surface area contributed by atoms with Crippen LogP contribution in [-0.4, -0.2) is 30.6 Å². The van der Waals surface area contributed by atoms with Crippen LogP contribution in [0.4, 0.5) is 0 Å². The minimum absolute atomic E-state index is 0.147. The van der Waals surface area contributed by atoms with Crippen molar-refractivity contribution in [3.63, 3.8) is 0 Å². The van der Waals surface area contributed by atoms with E-state index in [1.807, 2.05) is 30.3 Å². The van der Waals surface area contributed by atoms with Crippen molar-refractivity contribution in [2.75, 3.05) is 13.7 Å². The van der Waals surface area contributed by atoms with Crippen LogP contribution in [0.2, 0.25) is 0 Å². The van der Waals surface area contributed by atoms with Gasteiger partial charge in [0, 0.05) is 6.20 Å². The number of aromatic nitrogens is 1. The number of carbonyl (C=O) groups excluding carboxylic acids is 2. The molecule has 0 fully saturated rings. The first kappa shape index (κ1) is 16.5. The third-order valence-corrected chi connectivity index (χ3v) is 3.05. The molecular formula is C17H18N2O4. The minimum atomic E-state index is -0.434. The SMILES string of the molecule is COC(=O)c1ccnc(CNC(=O)CCOc2ccccc2)c1. The van der Waals surface area contributed by atoms with E-state index in [0.29, 0.717) is 17.9 Å². The zero-order chi connectivity index (χ0) is 16.5. The number of rotatable bonds is 7. The highest BCUT2D eigenvalue weighted by atomic mass is 16.5. The van der Waals surface area contributed by atoms with Gasteiger partial charge in [0.1, 0.15) is 5.75 Å². The number of hydrogen-bond donors (Lipinski definition) is 1. The fourth-order valence-corrected chi connectivity index (χ4v) is 1.88. The first-order valence-electron chi connectivity index (χ1n) is 7.17. The van der Waals surface area contributed by atoms with Gasteiger partial charge in [0.05, 0.1) is 37.9 Å². The Morgan fingerprint density at radius 3 is 2.70 bits per heavy atom. The number of esters is 1. The van der Waals surface area contributed by atoms with E-state index in [1.54, 1.807) is 12.1 Å². The summed E-state index contributed by atoms with van der Waals surface area (Å²) in [5.74, 6) is 0.148. The number of nitrogens with zero attached hydrogens (tertiary/aromatic N) is 1. The molecule has 0 unspecified atom stereocenters. The lowest BCUT2D eigenvalue weighted by Gasteiger charge is -2.07. The van der Waals surface area contributed by atoms with Crippen LogP contribution in [0.25, 0.3) is 0 Å². The lowest BCUT2D eigenvalue weighted by Crippen LogP contribution is -2.25. The van der Waals surface area contributed by atoms with Gasteiger partial charge in [-0.05, 0) is 24.3 Å². The first-order valence-corrected chi connectivity index (χ1v) is 7.17. The maximum absolute atomic E-state index is 11.8. The molecule has 120 valence electrons. The Morgan fingerprint density at radius 1 is 1.17 bits per heavy atom. The molecule has 1 aromatic carbocycles. The Morgan fingerprint density at radius 2 is 1.96 bits per heavy atom. The summed E-state index contributed by atoms with van der Waals surface area (Å²) >= 11 is 0. The Kier molecular flexibility index (Phi) is 6.11. The summed E-state index contributed by atoms with van der Waals surface area (Å²) in [6.45, 7) is 0.542. The molecule has 23 heavy (non-hydrogen) atoms. The third kappa shape index (κ3) is 5.43. The van der Waals surface area contributed by atoms with E-state index in [0.717, 1.165) is 5.75 Å². The summed E-state index contributed by atoms with van der Waals surface area (Å²) < 4.78 is 10.1. The highest BCUT2D eigenvalue weighted by molar-refractivity contribution is 5.89. The van der Waals surface area contributed by atoms with E-state index in [4.69, 9.17) is 4.74 Å². The number of para-hydroxylation sites is 1. The molecule has 0 bridgehead atoms. The zero-order valence-corrected chi connectivity index (χ0v) is 12.8. The summed E-state index contributed by atoms with van der Waals surface area (Å²) in [5, 5.41) is 2.74. The smallest absolute Gasteiger partial charge is 0.337 e. The van der Waals surface area contributed by atoms with Crippen molar-refractivity contribution in [3.8, 4) is 5.75 Å². The number of hydrogen-bond acceptors (Lipinski definition) is 5. The number of pyridine rings is 1. The van der Waals surface area contributed by atoms with Crippen LogP contribution in [-0.2, 0) is 16.1 Å². The molecule has 0 aliphatic carbocycles. The second-order valence-electron chi connectivity index (χ2n) is 4.72. The van der Waals surface area contributed by atoms with Crippen LogP contribution < -0.4 is 10.1 Å². The number of methoxy groups -OCH3 is 1. The summed E-state index contributed by atoms with van der Waals surface area (Å²) in [6, 6.07) is 12.5. The van der Waals surface area contributed by atoms with Crippen molar-refractivity contribution >= 4 is 11.9 Å². The van der Waals surface area contributed by atoms with Gasteiger partial charge in [-0.15, -0.1) is 0 Å². The molecule has 0 radical (unpaired) electrons. The van der Waals surface area contributed by atoms with Crippen molar-refractivity contribution in [2.45, 2.75) is 13.0 Å². The van der Waals surface area contributed by atoms with Crippen LogP contribution in [0.1, 0.15) is 22.5 Å². The van der Waals surface area contributed by atoms with Crippen molar-refractivity contribution in [3.05, 3.63) is 59.9 Å². The molecule has 2 aromatic rings. The molecule has 1 amide bonds. The van der Waals surface area contributed by atoms with Crippen LogP contribution >= 0.6 is 0 Å². The van der Waals surface area contributed by atoms with Gasteiger partial charge in [0.25, 0.3) is 0 Å².